The summed E-state index contributed by atoms with van der Waals surface area (Å²) in [4.78, 5) is 11.5. The summed E-state index contributed by atoms with van der Waals surface area (Å²) < 4.78 is 67.6. The van der Waals surface area contributed by atoms with E-state index in [9.17, 15) is 26.4 Å². The van der Waals surface area contributed by atoms with Crippen molar-refractivity contribution < 1.29 is 35.3 Å². The van der Waals surface area contributed by atoms with Gasteiger partial charge in [-0.3, -0.25) is 0 Å². The number of benzene rings is 1. The van der Waals surface area contributed by atoms with Crippen molar-refractivity contribution in [2.45, 2.75) is 44.7 Å². The largest absolute Gasteiger partial charge is 0.523 e. The molecule has 0 saturated heterocycles. The number of methoxy groups -OCH3 is 1. The van der Waals surface area contributed by atoms with Crippen molar-refractivity contribution in [3.63, 3.8) is 0 Å². The molecular formula is C15H19F3O5S. The summed E-state index contributed by atoms with van der Waals surface area (Å²) in [5.74, 6) is -1.16. The molecule has 0 aromatic heterocycles. The Labute approximate surface area is 138 Å². The molecule has 136 valence electrons. The first-order valence-electron chi connectivity index (χ1n) is 7.11. The predicted octanol–water partition coefficient (Wildman–Crippen LogP) is 3.03. The van der Waals surface area contributed by atoms with Crippen molar-refractivity contribution >= 4 is 16.1 Å². The first-order valence-corrected chi connectivity index (χ1v) is 8.52. The highest BCUT2D eigenvalue weighted by molar-refractivity contribution is 7.87. The number of ether oxygens (including phenoxy) is 1. The van der Waals surface area contributed by atoms with Gasteiger partial charge in [0, 0.05) is 0 Å². The standard InChI is InChI=1S/C15H19F3O5S/c1-10-7-8-12(11(2)9-10)5-4-6-13(14(19)22-3)23-24(20,21)15(16,17)18/h7-9,13H,4-6H2,1-3H3. The lowest BCUT2D eigenvalue weighted by Gasteiger charge is -2.16. The van der Waals surface area contributed by atoms with Gasteiger partial charge in [-0.05, 0) is 44.2 Å². The third kappa shape index (κ3) is 5.48. The van der Waals surface area contributed by atoms with Crippen LogP contribution in [-0.2, 0) is 30.3 Å². The maximum absolute atomic E-state index is 12.4. The molecule has 1 rings (SSSR count). The summed E-state index contributed by atoms with van der Waals surface area (Å²) in [7, 11) is -4.91. The molecule has 5 nitrogen and oxygen atoms in total. The Kier molecular flexibility index (Phi) is 6.79. The van der Waals surface area contributed by atoms with E-state index >= 15 is 0 Å². The number of aryl methyl sites for hydroxylation is 3. The molecule has 1 unspecified atom stereocenters. The van der Waals surface area contributed by atoms with Crippen LogP contribution in [0.3, 0.4) is 0 Å². The number of hydrogen-bond donors (Lipinski definition) is 0. The van der Waals surface area contributed by atoms with E-state index in [1.807, 2.05) is 32.0 Å². The van der Waals surface area contributed by atoms with Gasteiger partial charge in [0.05, 0.1) is 7.11 Å². The number of alkyl halides is 3. The van der Waals surface area contributed by atoms with E-state index in [0.29, 0.717) is 6.42 Å². The van der Waals surface area contributed by atoms with E-state index in [0.717, 1.165) is 23.8 Å². The van der Waals surface area contributed by atoms with E-state index in [1.54, 1.807) is 0 Å². The Balaban J connectivity index is 2.76. The van der Waals surface area contributed by atoms with Crippen LogP contribution in [0.15, 0.2) is 18.2 Å². The highest BCUT2D eigenvalue weighted by atomic mass is 32.2. The smallest absolute Gasteiger partial charge is 0.467 e. The van der Waals surface area contributed by atoms with Gasteiger partial charge in [-0.15, -0.1) is 0 Å². The van der Waals surface area contributed by atoms with E-state index in [-0.39, 0.29) is 12.8 Å². The van der Waals surface area contributed by atoms with E-state index in [1.165, 1.54) is 0 Å². The fourth-order valence-corrected chi connectivity index (χ4v) is 2.74. The van der Waals surface area contributed by atoms with Crippen LogP contribution in [0.2, 0.25) is 0 Å². The molecule has 0 N–H and O–H groups in total. The molecular weight excluding hydrogens is 349 g/mol. The lowest BCUT2D eigenvalue weighted by Crippen LogP contribution is -2.34. The van der Waals surface area contributed by atoms with Crippen LogP contribution in [0, 0.1) is 13.8 Å². The number of esters is 1. The molecule has 9 heteroatoms. The lowest BCUT2D eigenvalue weighted by molar-refractivity contribution is -0.149. The van der Waals surface area contributed by atoms with Crippen molar-refractivity contribution in [1.29, 1.82) is 0 Å². The minimum atomic E-state index is -5.86. The molecule has 24 heavy (non-hydrogen) atoms. The molecule has 1 aromatic rings. The number of carbonyl (C=O) groups excluding carboxylic acids is 1. The molecule has 0 aliphatic carbocycles. The van der Waals surface area contributed by atoms with Gasteiger partial charge in [0.2, 0.25) is 0 Å². The van der Waals surface area contributed by atoms with Crippen molar-refractivity contribution in [2.75, 3.05) is 7.11 Å². The third-order valence-corrected chi connectivity index (χ3v) is 4.45. The molecule has 0 amide bonds. The van der Waals surface area contributed by atoms with Gasteiger partial charge in [0.15, 0.2) is 6.10 Å². The summed E-state index contributed by atoms with van der Waals surface area (Å²) in [5.41, 5.74) is -2.55. The van der Waals surface area contributed by atoms with Gasteiger partial charge in [0.25, 0.3) is 0 Å². The molecule has 0 bridgehead atoms. The van der Waals surface area contributed by atoms with E-state index < -0.39 is 27.7 Å². The van der Waals surface area contributed by atoms with Crippen molar-refractivity contribution in [1.82, 2.24) is 0 Å². The Morgan fingerprint density at radius 1 is 1.25 bits per heavy atom. The monoisotopic (exact) mass is 368 g/mol. The Morgan fingerprint density at radius 2 is 1.88 bits per heavy atom. The van der Waals surface area contributed by atoms with Gasteiger partial charge >= 0.3 is 21.6 Å². The SMILES string of the molecule is COC(=O)C(CCCc1ccc(C)cc1C)OS(=O)(=O)C(F)(F)F. The third-order valence-electron chi connectivity index (χ3n) is 3.40. The van der Waals surface area contributed by atoms with E-state index in [4.69, 9.17) is 0 Å². The Hall–Kier alpha value is -1.61. The zero-order chi connectivity index (χ0) is 18.5. The topological polar surface area (TPSA) is 69.7 Å². The maximum atomic E-state index is 12.4. The zero-order valence-corrected chi connectivity index (χ0v) is 14.3. The summed E-state index contributed by atoms with van der Waals surface area (Å²) in [5, 5.41) is 0. The normalized spacial score (nSPS) is 13.6. The van der Waals surface area contributed by atoms with Crippen LogP contribution >= 0.6 is 0 Å². The molecule has 0 radical (unpaired) electrons. The van der Waals surface area contributed by atoms with Crippen LogP contribution < -0.4 is 0 Å². The molecule has 1 aromatic carbocycles. The fraction of sp³-hybridized carbons (Fsp3) is 0.533. The summed E-state index contributed by atoms with van der Waals surface area (Å²) in [6, 6.07) is 5.73. The maximum Gasteiger partial charge on any atom is 0.523 e. The quantitative estimate of drug-likeness (QED) is 0.420. The molecule has 0 saturated carbocycles. The first-order chi connectivity index (χ1) is 11.0. The second-order valence-electron chi connectivity index (χ2n) is 5.33. The van der Waals surface area contributed by atoms with Gasteiger partial charge in [-0.25, -0.2) is 8.98 Å². The molecule has 0 aliphatic rings. The fourth-order valence-electron chi connectivity index (χ4n) is 2.15. The van der Waals surface area contributed by atoms with E-state index in [2.05, 4.69) is 8.92 Å². The molecule has 0 fully saturated rings. The van der Waals surface area contributed by atoms with Gasteiger partial charge in [-0.1, -0.05) is 23.8 Å². The summed E-state index contributed by atoms with van der Waals surface area (Å²) in [6.45, 7) is 3.82. The minimum Gasteiger partial charge on any atom is -0.467 e. The zero-order valence-electron chi connectivity index (χ0n) is 13.5. The van der Waals surface area contributed by atoms with Crippen LogP contribution in [-0.4, -0.2) is 33.1 Å². The highest BCUT2D eigenvalue weighted by Crippen LogP contribution is 2.27. The Morgan fingerprint density at radius 3 is 2.38 bits per heavy atom. The van der Waals surface area contributed by atoms with Crippen LogP contribution in [0.25, 0.3) is 0 Å². The molecule has 0 spiro atoms. The molecule has 1 atom stereocenters. The average Bonchev–Trinajstić information content (AvgIpc) is 2.46. The summed E-state index contributed by atoms with van der Waals surface area (Å²) >= 11 is 0. The molecule has 0 heterocycles. The van der Waals surface area contributed by atoms with Gasteiger partial charge in [-0.2, -0.15) is 21.6 Å². The molecule has 0 aliphatic heterocycles. The summed E-state index contributed by atoms with van der Waals surface area (Å²) in [6.07, 6.45) is -1.31. The van der Waals surface area contributed by atoms with Crippen LogP contribution in [0.1, 0.15) is 29.5 Å². The highest BCUT2D eigenvalue weighted by Gasteiger charge is 2.49. The second-order valence-corrected chi connectivity index (χ2v) is 6.89. The number of hydrogen-bond acceptors (Lipinski definition) is 5. The average molecular weight is 368 g/mol. The first kappa shape index (κ1) is 20.4. The number of rotatable bonds is 7. The van der Waals surface area contributed by atoms with Crippen LogP contribution in [0.5, 0.6) is 0 Å². The number of halogens is 3. The number of carbonyl (C=O) groups is 1. The second kappa shape index (κ2) is 7.98. The Bertz CT molecular complexity index is 683. The van der Waals surface area contributed by atoms with Crippen molar-refractivity contribution in [3.05, 3.63) is 34.9 Å². The van der Waals surface area contributed by atoms with Crippen molar-refractivity contribution in [2.24, 2.45) is 0 Å². The lowest BCUT2D eigenvalue weighted by atomic mass is 10.00. The predicted molar refractivity (Wildman–Crippen MR) is 80.7 cm³/mol. The van der Waals surface area contributed by atoms with Gasteiger partial charge < -0.3 is 4.74 Å². The van der Waals surface area contributed by atoms with Crippen molar-refractivity contribution in [3.8, 4) is 0 Å². The van der Waals surface area contributed by atoms with Gasteiger partial charge in [0.1, 0.15) is 0 Å². The minimum absolute atomic E-state index is 0.213. The van der Waals surface area contributed by atoms with Crippen LogP contribution in [0.4, 0.5) is 13.2 Å².